The van der Waals surface area contributed by atoms with Crippen LogP contribution < -0.4 is 5.73 Å². The highest BCUT2D eigenvalue weighted by Gasteiger charge is 2.19. The van der Waals surface area contributed by atoms with Gasteiger partial charge in [-0.3, -0.25) is 19.3 Å². The van der Waals surface area contributed by atoms with E-state index in [9.17, 15) is 4.79 Å². The van der Waals surface area contributed by atoms with Crippen molar-refractivity contribution >= 4 is 49.5 Å². The van der Waals surface area contributed by atoms with E-state index in [4.69, 9.17) is 10.6 Å². The molecule has 0 fully saturated rings. The molecule has 0 atom stereocenters. The van der Waals surface area contributed by atoms with Crippen molar-refractivity contribution in [3.05, 3.63) is 58.5 Å². The summed E-state index contributed by atoms with van der Waals surface area (Å²) >= 11 is 3.35. The third kappa shape index (κ3) is 3.19. The van der Waals surface area contributed by atoms with E-state index < -0.39 is 0 Å². The van der Waals surface area contributed by atoms with Gasteiger partial charge < -0.3 is 5.73 Å². The maximum absolute atomic E-state index is 13.0. The van der Waals surface area contributed by atoms with E-state index in [1.54, 1.807) is 35.3 Å². The number of aromatic nitrogens is 4. The first-order chi connectivity index (χ1) is 13.5. The van der Waals surface area contributed by atoms with E-state index in [0.29, 0.717) is 22.6 Å². The smallest absolute Gasteiger partial charge is 0.277 e. The molecule has 1 aromatic carbocycles. The molecule has 3 aromatic heterocycles. The van der Waals surface area contributed by atoms with E-state index in [2.05, 4.69) is 31.0 Å². The second-order valence-electron chi connectivity index (χ2n) is 6.25. The van der Waals surface area contributed by atoms with E-state index in [-0.39, 0.29) is 12.5 Å². The molecule has 0 spiro atoms. The van der Waals surface area contributed by atoms with Crippen molar-refractivity contribution < 1.29 is 9.63 Å². The van der Waals surface area contributed by atoms with Crippen molar-refractivity contribution in [3.8, 4) is 0 Å². The molecule has 0 aliphatic carbocycles. The van der Waals surface area contributed by atoms with Gasteiger partial charge in [0.2, 0.25) is 0 Å². The maximum atomic E-state index is 13.0. The van der Waals surface area contributed by atoms with Crippen LogP contribution in [0.1, 0.15) is 16.1 Å². The monoisotopic (exact) mass is 440 g/mol. The Hall–Kier alpha value is -3.04. The van der Waals surface area contributed by atoms with Crippen molar-refractivity contribution in [1.82, 2.24) is 24.8 Å². The van der Waals surface area contributed by atoms with Gasteiger partial charge in [-0.15, -0.1) is 0 Å². The van der Waals surface area contributed by atoms with Crippen LogP contribution in [-0.4, -0.2) is 37.8 Å². The Balaban J connectivity index is 1.73. The Morgan fingerprint density at radius 1 is 1.25 bits per heavy atom. The molecule has 0 bridgehead atoms. The fraction of sp³-hybridized carbons (Fsp3) is 0.158. The van der Waals surface area contributed by atoms with Crippen LogP contribution >= 0.6 is 15.9 Å². The highest BCUT2D eigenvalue weighted by atomic mass is 79.9. The number of halogens is 1. The van der Waals surface area contributed by atoms with Gasteiger partial charge >= 0.3 is 0 Å². The number of rotatable bonds is 4. The largest absolute Gasteiger partial charge is 0.383 e. The Kier molecular flexibility index (Phi) is 4.70. The molecule has 28 heavy (non-hydrogen) atoms. The molecule has 0 aliphatic rings. The van der Waals surface area contributed by atoms with E-state index in [1.165, 1.54) is 12.2 Å². The molecule has 4 aromatic rings. The summed E-state index contributed by atoms with van der Waals surface area (Å²) in [5.74, 6) is 0.135. The second kappa shape index (κ2) is 7.17. The van der Waals surface area contributed by atoms with Crippen LogP contribution in [0.15, 0.2) is 47.2 Å². The number of anilines is 1. The Morgan fingerprint density at radius 2 is 2.07 bits per heavy atom. The molecule has 0 aliphatic heterocycles. The zero-order chi connectivity index (χ0) is 19.8. The number of nitrogens with two attached hydrogens (primary N) is 1. The zero-order valence-electron chi connectivity index (χ0n) is 15.3. The van der Waals surface area contributed by atoms with Gasteiger partial charge in [0.25, 0.3) is 5.91 Å². The summed E-state index contributed by atoms with van der Waals surface area (Å²) in [5.41, 5.74) is 8.74. The summed E-state index contributed by atoms with van der Waals surface area (Å²) in [6.07, 6.45) is 3.35. The number of benzene rings is 1. The van der Waals surface area contributed by atoms with Crippen molar-refractivity contribution in [2.75, 3.05) is 12.8 Å². The van der Waals surface area contributed by atoms with E-state index >= 15 is 0 Å². The average molecular weight is 441 g/mol. The number of amides is 1. The fourth-order valence-electron chi connectivity index (χ4n) is 3.10. The molecule has 3 heterocycles. The van der Waals surface area contributed by atoms with Gasteiger partial charge in [-0.05, 0) is 46.3 Å². The number of aryl methyl sites for hydroxylation is 1. The summed E-state index contributed by atoms with van der Waals surface area (Å²) in [5, 5.41) is 7.08. The van der Waals surface area contributed by atoms with Gasteiger partial charge in [-0.1, -0.05) is 0 Å². The quantitative estimate of drug-likeness (QED) is 0.489. The lowest BCUT2D eigenvalue weighted by Crippen LogP contribution is -2.29. The molecule has 2 N–H and O–H groups in total. The Morgan fingerprint density at radius 3 is 2.79 bits per heavy atom. The molecule has 9 heteroatoms. The molecular formula is C19H17BrN6O2. The molecule has 142 valence electrons. The summed E-state index contributed by atoms with van der Waals surface area (Å²) in [6, 6.07) is 8.97. The van der Waals surface area contributed by atoms with Crippen LogP contribution in [0.5, 0.6) is 0 Å². The minimum Gasteiger partial charge on any atom is -0.383 e. The Bertz CT molecular complexity index is 1190. The number of nitrogen functional groups attached to an aromatic ring is 1. The highest BCUT2D eigenvalue weighted by Crippen LogP contribution is 2.28. The van der Waals surface area contributed by atoms with Crippen molar-refractivity contribution in [3.63, 3.8) is 0 Å². The van der Waals surface area contributed by atoms with Crippen LogP contribution in [0.3, 0.4) is 0 Å². The molecule has 0 unspecified atom stereocenters. The third-order valence-corrected chi connectivity index (χ3v) is 4.96. The van der Waals surface area contributed by atoms with Crippen LogP contribution in [0, 0.1) is 0 Å². The van der Waals surface area contributed by atoms with Crippen LogP contribution in [0.25, 0.3) is 21.8 Å². The van der Waals surface area contributed by atoms with Gasteiger partial charge in [0, 0.05) is 28.7 Å². The second-order valence-corrected chi connectivity index (χ2v) is 7.17. The first-order valence-electron chi connectivity index (χ1n) is 8.45. The molecular weight excluding hydrogens is 424 g/mol. The molecule has 0 radical (unpaired) electrons. The molecule has 0 saturated carbocycles. The first-order valence-corrected chi connectivity index (χ1v) is 9.24. The number of fused-ring (bicyclic) bond motifs is 3. The van der Waals surface area contributed by atoms with Gasteiger partial charge in [0.15, 0.2) is 0 Å². The molecule has 1 amide bonds. The first kappa shape index (κ1) is 18.3. The highest BCUT2D eigenvalue weighted by molar-refractivity contribution is 9.10. The minimum atomic E-state index is -0.277. The maximum Gasteiger partial charge on any atom is 0.277 e. The summed E-state index contributed by atoms with van der Waals surface area (Å²) < 4.78 is 2.59. The number of hydrogen-bond acceptors (Lipinski definition) is 6. The van der Waals surface area contributed by atoms with Crippen molar-refractivity contribution in [2.45, 2.75) is 6.54 Å². The number of nitrogens with zero attached hydrogens (tertiary/aromatic N) is 5. The van der Waals surface area contributed by atoms with Crippen LogP contribution in [0.2, 0.25) is 0 Å². The minimum absolute atomic E-state index is 0.224. The Labute approximate surface area is 169 Å². The lowest BCUT2D eigenvalue weighted by molar-refractivity contribution is -0.102. The number of hydrogen-bond donors (Lipinski definition) is 1. The van der Waals surface area contributed by atoms with Crippen molar-refractivity contribution in [2.24, 2.45) is 7.05 Å². The predicted octanol–water partition coefficient (Wildman–Crippen LogP) is 3.07. The number of carbonyl (C=O) groups is 1. The summed E-state index contributed by atoms with van der Waals surface area (Å²) in [6.45, 7) is 0.224. The standard InChI is InChI=1S/C19H17BrN6O2/c1-25-17-14-7-11(3-6-16(14)24-18(21)15(17)9-23-25)19(27)26(28-2)10-13-5-4-12(20)8-22-13/h3-9H,10H2,1-2H3,(H2,21,24). The van der Waals surface area contributed by atoms with Crippen molar-refractivity contribution in [1.29, 1.82) is 0 Å². The van der Waals surface area contributed by atoms with Gasteiger partial charge in [0.05, 0.1) is 42.0 Å². The lowest BCUT2D eigenvalue weighted by Gasteiger charge is -2.19. The fourth-order valence-corrected chi connectivity index (χ4v) is 3.34. The zero-order valence-corrected chi connectivity index (χ0v) is 16.8. The predicted molar refractivity (Wildman–Crippen MR) is 109 cm³/mol. The average Bonchev–Trinajstić information content (AvgIpc) is 3.09. The van der Waals surface area contributed by atoms with Crippen LogP contribution in [-0.2, 0) is 18.4 Å². The number of pyridine rings is 2. The SMILES string of the molecule is CON(Cc1ccc(Br)cn1)C(=O)c1ccc2nc(N)c3cnn(C)c3c2c1. The number of hydroxylamine groups is 2. The normalized spacial score (nSPS) is 11.2. The summed E-state index contributed by atoms with van der Waals surface area (Å²) in [4.78, 5) is 27.0. The van der Waals surface area contributed by atoms with E-state index in [1.807, 2.05) is 19.2 Å². The number of carbonyl (C=O) groups excluding carboxylic acids is 1. The van der Waals surface area contributed by atoms with Gasteiger partial charge in [-0.2, -0.15) is 5.10 Å². The third-order valence-electron chi connectivity index (χ3n) is 4.50. The van der Waals surface area contributed by atoms with E-state index in [0.717, 1.165) is 20.8 Å². The van der Waals surface area contributed by atoms with Gasteiger partial charge in [0.1, 0.15) is 5.82 Å². The summed E-state index contributed by atoms with van der Waals surface area (Å²) in [7, 11) is 3.29. The molecule has 4 rings (SSSR count). The lowest BCUT2D eigenvalue weighted by atomic mass is 10.1. The van der Waals surface area contributed by atoms with Gasteiger partial charge in [-0.25, -0.2) is 10.0 Å². The molecule has 8 nitrogen and oxygen atoms in total. The van der Waals surface area contributed by atoms with Crippen LogP contribution in [0.4, 0.5) is 5.82 Å². The topological polar surface area (TPSA) is 99.2 Å². The molecule has 0 saturated heterocycles.